The molecule has 0 bridgehead atoms. The lowest BCUT2D eigenvalue weighted by Gasteiger charge is -2.28. The second-order valence-corrected chi connectivity index (χ2v) is 13.0. The van der Waals surface area contributed by atoms with E-state index in [1.165, 1.54) is 65.3 Å². The molecule has 0 radical (unpaired) electrons. The van der Waals surface area contributed by atoms with Crippen LogP contribution in [0.15, 0.2) is 194 Å². The number of nitrogens with zero attached hydrogens (tertiary/aromatic N) is 2. The second kappa shape index (κ2) is 11.5. The van der Waals surface area contributed by atoms with Crippen molar-refractivity contribution in [1.82, 2.24) is 4.57 Å². The fourth-order valence-corrected chi connectivity index (χ4v) is 7.84. The standard InChI is InChI=1S/C48H32N2/c1-2-12-33(13-3-1)41-17-8-10-20-46(41)49(39-26-24-36-23-22-34-14-4-6-16-40(34)45(36)32-39)37-27-29-38(30-28-37)50-47-21-11-9-19-43(47)44-31-25-35-15-5-7-18-42(35)48(44)50/h1-32H. The molecule has 2 heteroatoms. The minimum Gasteiger partial charge on any atom is -0.310 e. The van der Waals surface area contributed by atoms with Crippen molar-refractivity contribution in [2.24, 2.45) is 0 Å². The summed E-state index contributed by atoms with van der Waals surface area (Å²) in [4.78, 5) is 2.41. The van der Waals surface area contributed by atoms with E-state index in [4.69, 9.17) is 0 Å². The lowest BCUT2D eigenvalue weighted by atomic mass is 9.99. The molecule has 10 aromatic rings. The molecule has 0 saturated heterocycles. The molecule has 234 valence electrons. The van der Waals surface area contributed by atoms with Gasteiger partial charge in [0.25, 0.3) is 0 Å². The van der Waals surface area contributed by atoms with Crippen LogP contribution in [-0.2, 0) is 0 Å². The average Bonchev–Trinajstić information content (AvgIpc) is 3.54. The van der Waals surface area contributed by atoms with Crippen LogP contribution in [0.5, 0.6) is 0 Å². The number of anilines is 3. The minimum atomic E-state index is 1.10. The summed E-state index contributed by atoms with van der Waals surface area (Å²) in [6.45, 7) is 0. The first-order valence-electron chi connectivity index (χ1n) is 17.2. The van der Waals surface area contributed by atoms with E-state index in [9.17, 15) is 0 Å². The van der Waals surface area contributed by atoms with Gasteiger partial charge >= 0.3 is 0 Å². The monoisotopic (exact) mass is 636 g/mol. The van der Waals surface area contributed by atoms with Crippen molar-refractivity contribution < 1.29 is 0 Å². The van der Waals surface area contributed by atoms with Crippen molar-refractivity contribution in [3.8, 4) is 16.8 Å². The third kappa shape index (κ3) is 4.50. The van der Waals surface area contributed by atoms with Crippen LogP contribution in [0.1, 0.15) is 0 Å². The predicted octanol–water partition coefficient (Wildman–Crippen LogP) is 13.4. The van der Waals surface area contributed by atoms with E-state index in [2.05, 4.69) is 204 Å². The average molecular weight is 637 g/mol. The molecule has 2 nitrogen and oxygen atoms in total. The van der Waals surface area contributed by atoms with Gasteiger partial charge in [0.1, 0.15) is 0 Å². The Balaban J connectivity index is 1.20. The van der Waals surface area contributed by atoms with Crippen LogP contribution in [0.3, 0.4) is 0 Å². The Bertz CT molecular complexity index is 2860. The first kappa shape index (κ1) is 28.4. The Kier molecular flexibility index (Phi) is 6.53. The Morgan fingerprint density at radius 3 is 1.76 bits per heavy atom. The number of aromatic nitrogens is 1. The van der Waals surface area contributed by atoms with Crippen LogP contribution < -0.4 is 4.90 Å². The normalized spacial score (nSPS) is 11.6. The highest BCUT2D eigenvalue weighted by atomic mass is 15.1. The molecule has 1 heterocycles. The van der Waals surface area contributed by atoms with Crippen molar-refractivity contribution >= 4 is 71.2 Å². The van der Waals surface area contributed by atoms with Crippen LogP contribution in [0.4, 0.5) is 17.1 Å². The largest absolute Gasteiger partial charge is 0.310 e. The molecule has 0 N–H and O–H groups in total. The first-order valence-corrected chi connectivity index (χ1v) is 17.2. The van der Waals surface area contributed by atoms with Crippen molar-refractivity contribution in [2.45, 2.75) is 0 Å². The predicted molar refractivity (Wildman–Crippen MR) is 213 cm³/mol. The Labute approximate surface area is 290 Å². The van der Waals surface area contributed by atoms with Gasteiger partial charge in [-0.3, -0.25) is 0 Å². The summed E-state index contributed by atoms with van der Waals surface area (Å²) in [5.41, 5.74) is 9.31. The molecule has 0 aliphatic heterocycles. The van der Waals surface area contributed by atoms with Gasteiger partial charge in [0.2, 0.25) is 0 Å². The molecule has 50 heavy (non-hydrogen) atoms. The molecule has 1 aromatic heterocycles. The summed E-state index contributed by atoms with van der Waals surface area (Å²) in [5.74, 6) is 0. The summed E-state index contributed by atoms with van der Waals surface area (Å²) in [7, 11) is 0. The minimum absolute atomic E-state index is 1.10. The van der Waals surface area contributed by atoms with Crippen LogP contribution in [-0.4, -0.2) is 4.57 Å². The smallest absolute Gasteiger partial charge is 0.0619 e. The molecule has 0 aliphatic carbocycles. The van der Waals surface area contributed by atoms with Crippen LogP contribution in [0.2, 0.25) is 0 Å². The Hall–Kier alpha value is -6.64. The number of para-hydroxylation sites is 2. The molecule has 0 aliphatic rings. The number of rotatable bonds is 5. The highest BCUT2D eigenvalue weighted by Crippen LogP contribution is 2.43. The summed E-state index contributed by atoms with van der Waals surface area (Å²) in [5, 5.41) is 10.0. The molecule has 0 fully saturated rings. The van der Waals surface area contributed by atoms with E-state index in [0.717, 1.165) is 22.7 Å². The van der Waals surface area contributed by atoms with Gasteiger partial charge < -0.3 is 9.47 Å². The van der Waals surface area contributed by atoms with Crippen molar-refractivity contribution in [3.05, 3.63) is 194 Å². The van der Waals surface area contributed by atoms with E-state index < -0.39 is 0 Å². The highest BCUT2D eigenvalue weighted by molar-refractivity contribution is 6.18. The van der Waals surface area contributed by atoms with Crippen LogP contribution >= 0.6 is 0 Å². The van der Waals surface area contributed by atoms with E-state index in [0.29, 0.717) is 0 Å². The second-order valence-electron chi connectivity index (χ2n) is 13.0. The molecular weight excluding hydrogens is 605 g/mol. The number of fused-ring (bicyclic) bond motifs is 8. The number of hydrogen-bond acceptors (Lipinski definition) is 1. The quantitative estimate of drug-likeness (QED) is 0.171. The van der Waals surface area contributed by atoms with Gasteiger partial charge in [-0.05, 0) is 81.0 Å². The van der Waals surface area contributed by atoms with Crippen molar-refractivity contribution in [3.63, 3.8) is 0 Å². The first-order chi connectivity index (χ1) is 24.8. The van der Waals surface area contributed by atoms with Gasteiger partial charge in [-0.1, -0.05) is 146 Å². The van der Waals surface area contributed by atoms with Gasteiger partial charge in [0.15, 0.2) is 0 Å². The van der Waals surface area contributed by atoms with Crippen LogP contribution in [0, 0.1) is 0 Å². The SMILES string of the molecule is c1ccc(-c2ccccc2N(c2ccc(-n3c4ccccc4c4ccc5ccccc5c43)cc2)c2ccc3ccc4ccccc4c3c2)cc1. The van der Waals surface area contributed by atoms with E-state index in [1.807, 2.05) is 0 Å². The zero-order valence-corrected chi connectivity index (χ0v) is 27.4. The van der Waals surface area contributed by atoms with E-state index in [1.54, 1.807) is 0 Å². The maximum atomic E-state index is 2.43. The van der Waals surface area contributed by atoms with E-state index >= 15 is 0 Å². The zero-order chi connectivity index (χ0) is 33.0. The fraction of sp³-hybridized carbons (Fsp3) is 0. The van der Waals surface area contributed by atoms with Gasteiger partial charge in [-0.2, -0.15) is 0 Å². The topological polar surface area (TPSA) is 8.17 Å². The fourth-order valence-electron chi connectivity index (χ4n) is 7.84. The zero-order valence-electron chi connectivity index (χ0n) is 27.4. The third-order valence-electron chi connectivity index (χ3n) is 10.1. The maximum absolute atomic E-state index is 2.43. The lowest BCUT2D eigenvalue weighted by Crippen LogP contribution is -2.11. The molecule has 0 amide bonds. The molecule has 10 rings (SSSR count). The Morgan fingerprint density at radius 1 is 0.360 bits per heavy atom. The molecule has 0 atom stereocenters. The van der Waals surface area contributed by atoms with Crippen molar-refractivity contribution in [2.75, 3.05) is 4.90 Å². The molecule has 0 spiro atoms. The summed E-state index contributed by atoms with van der Waals surface area (Å²) >= 11 is 0. The molecular formula is C48H32N2. The van der Waals surface area contributed by atoms with Crippen LogP contribution in [0.25, 0.3) is 70.9 Å². The van der Waals surface area contributed by atoms with E-state index in [-0.39, 0.29) is 0 Å². The molecule has 9 aromatic carbocycles. The molecule has 0 saturated carbocycles. The molecule has 0 unspecified atom stereocenters. The third-order valence-corrected chi connectivity index (χ3v) is 10.1. The number of hydrogen-bond donors (Lipinski definition) is 0. The van der Waals surface area contributed by atoms with Gasteiger partial charge in [-0.15, -0.1) is 0 Å². The highest BCUT2D eigenvalue weighted by Gasteiger charge is 2.19. The van der Waals surface area contributed by atoms with Gasteiger partial charge in [-0.25, -0.2) is 0 Å². The number of benzene rings is 9. The van der Waals surface area contributed by atoms with Gasteiger partial charge in [0, 0.05) is 38.8 Å². The summed E-state index contributed by atoms with van der Waals surface area (Å²) in [6, 6.07) is 70.5. The maximum Gasteiger partial charge on any atom is 0.0619 e. The summed E-state index contributed by atoms with van der Waals surface area (Å²) in [6.07, 6.45) is 0. The van der Waals surface area contributed by atoms with Crippen molar-refractivity contribution in [1.29, 1.82) is 0 Å². The summed E-state index contributed by atoms with van der Waals surface area (Å²) < 4.78 is 2.43. The lowest BCUT2D eigenvalue weighted by molar-refractivity contribution is 1.18. The van der Waals surface area contributed by atoms with Gasteiger partial charge in [0.05, 0.1) is 16.7 Å². The Morgan fingerprint density at radius 2 is 0.940 bits per heavy atom.